The van der Waals surface area contributed by atoms with Crippen LogP contribution >= 0.6 is 11.6 Å². The van der Waals surface area contributed by atoms with Gasteiger partial charge in [0.2, 0.25) is 5.91 Å². The standard InChI is InChI=1S/C16H15ClFNO/c1-11-6-8-15(14(18)10-11)19-16(20)9-7-12-4-2-3-5-13(12)17/h2-6,8,10H,7,9H2,1H3,(H,19,20). The number of benzene rings is 2. The lowest BCUT2D eigenvalue weighted by molar-refractivity contribution is -0.116. The van der Waals surface area contributed by atoms with E-state index < -0.39 is 5.82 Å². The van der Waals surface area contributed by atoms with Crippen molar-refractivity contribution in [1.82, 2.24) is 0 Å². The number of hydrogen-bond donors (Lipinski definition) is 1. The van der Waals surface area contributed by atoms with Gasteiger partial charge in [-0.2, -0.15) is 0 Å². The monoisotopic (exact) mass is 291 g/mol. The third-order valence-electron chi connectivity index (χ3n) is 2.98. The van der Waals surface area contributed by atoms with Crippen LogP contribution in [-0.2, 0) is 11.2 Å². The number of amides is 1. The van der Waals surface area contributed by atoms with Crippen molar-refractivity contribution >= 4 is 23.2 Å². The van der Waals surface area contributed by atoms with E-state index in [1.807, 2.05) is 18.2 Å². The average Bonchev–Trinajstić information content (AvgIpc) is 2.41. The van der Waals surface area contributed by atoms with Crippen molar-refractivity contribution in [3.8, 4) is 0 Å². The van der Waals surface area contributed by atoms with Crippen LogP contribution in [0, 0.1) is 12.7 Å². The Kier molecular flexibility index (Phi) is 4.74. The van der Waals surface area contributed by atoms with Gasteiger partial charge in [0.25, 0.3) is 0 Å². The molecule has 0 bridgehead atoms. The number of anilines is 1. The van der Waals surface area contributed by atoms with Gasteiger partial charge < -0.3 is 5.32 Å². The average molecular weight is 292 g/mol. The number of rotatable bonds is 4. The molecule has 0 saturated heterocycles. The maximum Gasteiger partial charge on any atom is 0.224 e. The largest absolute Gasteiger partial charge is 0.324 e. The first-order valence-corrected chi connectivity index (χ1v) is 6.73. The van der Waals surface area contributed by atoms with Crippen molar-refractivity contribution < 1.29 is 9.18 Å². The maximum absolute atomic E-state index is 13.6. The molecule has 0 aliphatic carbocycles. The van der Waals surface area contributed by atoms with Crippen LogP contribution in [-0.4, -0.2) is 5.91 Å². The minimum atomic E-state index is -0.420. The zero-order chi connectivity index (χ0) is 14.5. The summed E-state index contributed by atoms with van der Waals surface area (Å²) in [6.45, 7) is 1.80. The van der Waals surface area contributed by atoms with Gasteiger partial charge in [0.1, 0.15) is 5.82 Å². The molecule has 0 aliphatic heterocycles. The molecule has 0 radical (unpaired) electrons. The number of carbonyl (C=O) groups excluding carboxylic acids is 1. The third-order valence-corrected chi connectivity index (χ3v) is 3.35. The van der Waals surface area contributed by atoms with Gasteiger partial charge >= 0.3 is 0 Å². The molecule has 0 aromatic heterocycles. The first-order valence-electron chi connectivity index (χ1n) is 6.35. The number of nitrogens with one attached hydrogen (secondary N) is 1. The summed E-state index contributed by atoms with van der Waals surface area (Å²) < 4.78 is 13.6. The summed E-state index contributed by atoms with van der Waals surface area (Å²) in [5.74, 6) is -0.649. The molecule has 2 nitrogen and oxygen atoms in total. The van der Waals surface area contributed by atoms with Crippen LogP contribution in [0.2, 0.25) is 5.02 Å². The fourth-order valence-corrected chi connectivity index (χ4v) is 2.11. The van der Waals surface area contributed by atoms with Gasteiger partial charge in [-0.1, -0.05) is 35.9 Å². The van der Waals surface area contributed by atoms with E-state index in [2.05, 4.69) is 5.32 Å². The number of hydrogen-bond acceptors (Lipinski definition) is 1. The molecule has 104 valence electrons. The topological polar surface area (TPSA) is 29.1 Å². The van der Waals surface area contributed by atoms with Crippen LogP contribution in [0.4, 0.5) is 10.1 Å². The van der Waals surface area contributed by atoms with Gasteiger partial charge in [-0.15, -0.1) is 0 Å². The molecule has 0 aliphatic rings. The van der Waals surface area contributed by atoms with Crippen LogP contribution in [0.1, 0.15) is 17.5 Å². The lowest BCUT2D eigenvalue weighted by Crippen LogP contribution is -2.13. The zero-order valence-corrected chi connectivity index (χ0v) is 11.9. The maximum atomic E-state index is 13.6. The Morgan fingerprint density at radius 3 is 2.70 bits per heavy atom. The summed E-state index contributed by atoms with van der Waals surface area (Å²) in [4.78, 5) is 11.8. The summed E-state index contributed by atoms with van der Waals surface area (Å²) in [6.07, 6.45) is 0.788. The fourth-order valence-electron chi connectivity index (χ4n) is 1.88. The van der Waals surface area contributed by atoms with Gasteiger partial charge in [-0.3, -0.25) is 4.79 Å². The lowest BCUT2D eigenvalue weighted by atomic mass is 10.1. The van der Waals surface area contributed by atoms with E-state index in [1.165, 1.54) is 6.07 Å². The summed E-state index contributed by atoms with van der Waals surface area (Å²) in [5.41, 5.74) is 1.94. The molecule has 0 fully saturated rings. The van der Waals surface area contributed by atoms with Crippen LogP contribution in [0.5, 0.6) is 0 Å². The van der Waals surface area contributed by atoms with E-state index in [0.29, 0.717) is 11.4 Å². The van der Waals surface area contributed by atoms with E-state index in [1.54, 1.807) is 25.1 Å². The molecule has 0 heterocycles. The molecule has 2 aromatic rings. The molecular formula is C16H15ClFNO. The first-order chi connectivity index (χ1) is 9.56. The van der Waals surface area contributed by atoms with Crippen molar-refractivity contribution in [3.05, 3.63) is 64.4 Å². The Morgan fingerprint density at radius 2 is 2.00 bits per heavy atom. The van der Waals surface area contributed by atoms with Crippen LogP contribution in [0.25, 0.3) is 0 Å². The Morgan fingerprint density at radius 1 is 1.25 bits per heavy atom. The first kappa shape index (κ1) is 14.5. The van der Waals surface area contributed by atoms with E-state index >= 15 is 0 Å². The van der Waals surface area contributed by atoms with Gasteiger partial charge in [0.15, 0.2) is 0 Å². The fraction of sp³-hybridized carbons (Fsp3) is 0.188. The molecule has 1 amide bonds. The smallest absolute Gasteiger partial charge is 0.224 e. The second kappa shape index (κ2) is 6.53. The van der Waals surface area contributed by atoms with Crippen molar-refractivity contribution in [1.29, 1.82) is 0 Å². The zero-order valence-electron chi connectivity index (χ0n) is 11.1. The Labute approximate surface area is 122 Å². The van der Waals surface area contributed by atoms with E-state index in [4.69, 9.17) is 11.6 Å². The second-order valence-electron chi connectivity index (χ2n) is 4.62. The summed E-state index contributed by atoms with van der Waals surface area (Å²) >= 11 is 6.02. The van der Waals surface area contributed by atoms with Gasteiger partial charge in [-0.25, -0.2) is 4.39 Å². The predicted molar refractivity (Wildman–Crippen MR) is 79.5 cm³/mol. The third kappa shape index (κ3) is 3.81. The van der Waals surface area contributed by atoms with Crippen molar-refractivity contribution in [3.63, 3.8) is 0 Å². The SMILES string of the molecule is Cc1ccc(NC(=O)CCc2ccccc2Cl)c(F)c1. The van der Waals surface area contributed by atoms with Crippen molar-refractivity contribution in [2.24, 2.45) is 0 Å². The summed E-state index contributed by atoms with van der Waals surface area (Å²) in [7, 11) is 0. The number of carbonyl (C=O) groups is 1. The summed E-state index contributed by atoms with van der Waals surface area (Å²) in [5, 5.41) is 3.21. The molecular weight excluding hydrogens is 277 g/mol. The molecule has 0 saturated carbocycles. The van der Waals surface area contributed by atoms with Gasteiger partial charge in [0.05, 0.1) is 5.69 Å². The predicted octanol–water partition coefficient (Wildman–Crippen LogP) is 4.36. The Balaban J connectivity index is 1.94. The van der Waals surface area contributed by atoms with Crippen LogP contribution in [0.15, 0.2) is 42.5 Å². The van der Waals surface area contributed by atoms with Crippen LogP contribution in [0.3, 0.4) is 0 Å². The van der Waals surface area contributed by atoms with Crippen LogP contribution < -0.4 is 5.32 Å². The molecule has 20 heavy (non-hydrogen) atoms. The van der Waals surface area contributed by atoms with E-state index in [9.17, 15) is 9.18 Å². The normalized spacial score (nSPS) is 10.3. The van der Waals surface area contributed by atoms with E-state index in [0.717, 1.165) is 11.1 Å². The molecule has 2 rings (SSSR count). The number of halogens is 2. The summed E-state index contributed by atoms with van der Waals surface area (Å²) in [6, 6.07) is 12.1. The minimum Gasteiger partial charge on any atom is -0.324 e. The Bertz CT molecular complexity index is 628. The molecule has 1 N–H and O–H groups in total. The Hall–Kier alpha value is -1.87. The molecule has 0 atom stereocenters. The quantitative estimate of drug-likeness (QED) is 0.891. The van der Waals surface area contributed by atoms with Gasteiger partial charge in [-0.05, 0) is 42.7 Å². The second-order valence-corrected chi connectivity index (χ2v) is 5.03. The van der Waals surface area contributed by atoms with Crippen molar-refractivity contribution in [2.45, 2.75) is 19.8 Å². The molecule has 2 aromatic carbocycles. The van der Waals surface area contributed by atoms with E-state index in [-0.39, 0.29) is 18.0 Å². The highest BCUT2D eigenvalue weighted by atomic mass is 35.5. The highest BCUT2D eigenvalue weighted by Crippen LogP contribution is 2.18. The van der Waals surface area contributed by atoms with Gasteiger partial charge in [0, 0.05) is 11.4 Å². The molecule has 4 heteroatoms. The molecule has 0 spiro atoms. The minimum absolute atomic E-state index is 0.208. The highest BCUT2D eigenvalue weighted by molar-refractivity contribution is 6.31. The lowest BCUT2D eigenvalue weighted by Gasteiger charge is -2.07. The molecule has 0 unspecified atom stereocenters. The van der Waals surface area contributed by atoms with Crippen molar-refractivity contribution in [2.75, 3.05) is 5.32 Å². The highest BCUT2D eigenvalue weighted by Gasteiger charge is 2.08. The number of aryl methyl sites for hydroxylation is 2.